The average molecular weight is 336 g/mol. The van der Waals surface area contributed by atoms with E-state index in [-0.39, 0.29) is 0 Å². The van der Waals surface area contributed by atoms with Crippen LogP contribution in [0.15, 0.2) is 41.0 Å². The van der Waals surface area contributed by atoms with E-state index in [0.29, 0.717) is 6.04 Å². The number of hydrogen-bond acceptors (Lipinski definition) is 2. The zero-order valence-electron chi connectivity index (χ0n) is 12.1. The molecule has 108 valence electrons. The Balaban J connectivity index is 2.03. The quantitative estimate of drug-likeness (QED) is 0.832. The Labute approximate surface area is 129 Å². The predicted molar refractivity (Wildman–Crippen MR) is 86.7 cm³/mol. The molecule has 2 aromatic rings. The van der Waals surface area contributed by atoms with Crippen molar-refractivity contribution < 1.29 is 0 Å². The normalized spacial score (nSPS) is 12.6. The third-order valence-electron chi connectivity index (χ3n) is 3.52. The van der Waals surface area contributed by atoms with Crippen LogP contribution in [0.1, 0.15) is 37.1 Å². The van der Waals surface area contributed by atoms with E-state index in [9.17, 15) is 0 Å². The maximum Gasteiger partial charge on any atom is 0.0492 e. The van der Waals surface area contributed by atoms with Gasteiger partial charge in [0.1, 0.15) is 0 Å². The number of hydrogen-bond donors (Lipinski definition) is 1. The minimum Gasteiger partial charge on any atom is -0.310 e. The third kappa shape index (κ3) is 4.18. The summed E-state index contributed by atoms with van der Waals surface area (Å²) in [5.74, 6) is 0. The summed E-state index contributed by atoms with van der Waals surface area (Å²) in [7, 11) is 2.00. The molecule has 1 aromatic carbocycles. The number of benzene rings is 1. The minimum absolute atomic E-state index is 0.401. The van der Waals surface area contributed by atoms with Crippen LogP contribution < -0.4 is 5.32 Å². The van der Waals surface area contributed by atoms with Gasteiger partial charge in [0.2, 0.25) is 0 Å². The standard InChI is InChI=1S/C16H22BrN3/c1-3-11-18-16(13-4-6-14(17)7-5-13)9-8-15-10-12-19-20(15)2/h4-7,10,12,16,18H,3,8-9,11H2,1-2H3. The van der Waals surface area contributed by atoms with Gasteiger partial charge in [-0.05, 0) is 49.6 Å². The summed E-state index contributed by atoms with van der Waals surface area (Å²) in [6.07, 6.45) is 5.14. The molecule has 0 saturated heterocycles. The highest BCUT2D eigenvalue weighted by atomic mass is 79.9. The van der Waals surface area contributed by atoms with Crippen molar-refractivity contribution in [2.75, 3.05) is 6.54 Å². The van der Waals surface area contributed by atoms with E-state index in [1.165, 1.54) is 11.3 Å². The van der Waals surface area contributed by atoms with Crippen molar-refractivity contribution in [2.24, 2.45) is 7.05 Å². The van der Waals surface area contributed by atoms with Gasteiger partial charge in [-0.15, -0.1) is 0 Å². The fourth-order valence-electron chi connectivity index (χ4n) is 2.34. The van der Waals surface area contributed by atoms with Crippen molar-refractivity contribution in [1.29, 1.82) is 0 Å². The molecule has 0 saturated carbocycles. The second kappa shape index (κ2) is 7.60. The maximum atomic E-state index is 4.23. The van der Waals surface area contributed by atoms with Crippen LogP contribution in [0, 0.1) is 0 Å². The first-order valence-electron chi connectivity index (χ1n) is 7.16. The van der Waals surface area contributed by atoms with Crippen LogP contribution in [0.4, 0.5) is 0 Å². The van der Waals surface area contributed by atoms with Gasteiger partial charge in [-0.2, -0.15) is 5.10 Å². The molecule has 0 radical (unpaired) electrons. The van der Waals surface area contributed by atoms with E-state index in [1.807, 2.05) is 17.9 Å². The van der Waals surface area contributed by atoms with E-state index in [4.69, 9.17) is 0 Å². The summed E-state index contributed by atoms with van der Waals surface area (Å²) in [5, 5.41) is 7.87. The summed E-state index contributed by atoms with van der Waals surface area (Å²) in [5.41, 5.74) is 2.63. The minimum atomic E-state index is 0.401. The van der Waals surface area contributed by atoms with E-state index in [2.05, 4.69) is 63.6 Å². The van der Waals surface area contributed by atoms with Crippen molar-refractivity contribution in [3.05, 3.63) is 52.3 Å². The van der Waals surface area contributed by atoms with Gasteiger partial charge in [0, 0.05) is 29.5 Å². The highest BCUT2D eigenvalue weighted by Gasteiger charge is 2.11. The molecular formula is C16H22BrN3. The molecule has 0 spiro atoms. The first kappa shape index (κ1) is 15.3. The van der Waals surface area contributed by atoms with E-state index < -0.39 is 0 Å². The highest BCUT2D eigenvalue weighted by molar-refractivity contribution is 9.10. The van der Waals surface area contributed by atoms with Crippen molar-refractivity contribution in [1.82, 2.24) is 15.1 Å². The molecule has 2 rings (SSSR count). The molecule has 1 atom stereocenters. The van der Waals surface area contributed by atoms with Gasteiger partial charge >= 0.3 is 0 Å². The van der Waals surface area contributed by atoms with Crippen molar-refractivity contribution in [3.8, 4) is 0 Å². The Morgan fingerprint density at radius 2 is 2.00 bits per heavy atom. The van der Waals surface area contributed by atoms with Crippen molar-refractivity contribution >= 4 is 15.9 Å². The van der Waals surface area contributed by atoms with Gasteiger partial charge < -0.3 is 5.32 Å². The number of nitrogens with zero attached hydrogens (tertiary/aromatic N) is 2. The molecule has 0 amide bonds. The first-order chi connectivity index (χ1) is 9.70. The largest absolute Gasteiger partial charge is 0.310 e. The Morgan fingerprint density at radius 3 is 2.60 bits per heavy atom. The molecular weight excluding hydrogens is 314 g/mol. The highest BCUT2D eigenvalue weighted by Crippen LogP contribution is 2.21. The molecule has 0 aliphatic heterocycles. The lowest BCUT2D eigenvalue weighted by atomic mass is 10.0. The molecule has 1 aromatic heterocycles. The van der Waals surface area contributed by atoms with Crippen LogP contribution >= 0.6 is 15.9 Å². The Hall–Kier alpha value is -1.13. The summed E-state index contributed by atoms with van der Waals surface area (Å²) < 4.78 is 3.08. The fraction of sp³-hybridized carbons (Fsp3) is 0.438. The monoisotopic (exact) mass is 335 g/mol. The van der Waals surface area contributed by atoms with Crippen LogP contribution in [-0.2, 0) is 13.5 Å². The fourth-order valence-corrected chi connectivity index (χ4v) is 2.60. The zero-order valence-corrected chi connectivity index (χ0v) is 13.7. The number of halogens is 1. The second-order valence-corrected chi connectivity index (χ2v) is 5.96. The predicted octanol–water partition coefficient (Wildman–Crippen LogP) is 3.86. The second-order valence-electron chi connectivity index (χ2n) is 5.04. The smallest absolute Gasteiger partial charge is 0.0492 e. The molecule has 0 aliphatic rings. The van der Waals surface area contributed by atoms with Crippen LogP contribution in [0.2, 0.25) is 0 Å². The molecule has 0 aliphatic carbocycles. The summed E-state index contributed by atoms with van der Waals surface area (Å²) in [6.45, 7) is 3.25. The zero-order chi connectivity index (χ0) is 14.4. The Kier molecular flexibility index (Phi) is 5.80. The maximum absolute atomic E-state index is 4.23. The van der Waals surface area contributed by atoms with Crippen LogP contribution in [0.25, 0.3) is 0 Å². The van der Waals surface area contributed by atoms with E-state index in [0.717, 1.165) is 30.3 Å². The van der Waals surface area contributed by atoms with Gasteiger partial charge in [-0.3, -0.25) is 4.68 Å². The molecule has 3 nitrogen and oxygen atoms in total. The van der Waals surface area contributed by atoms with E-state index in [1.54, 1.807) is 0 Å². The number of aryl methyl sites for hydroxylation is 2. The summed E-state index contributed by atoms with van der Waals surface area (Å²) in [6, 6.07) is 11.1. The Bertz CT molecular complexity index is 519. The molecule has 0 bridgehead atoms. The topological polar surface area (TPSA) is 29.9 Å². The summed E-state index contributed by atoms with van der Waals surface area (Å²) in [4.78, 5) is 0. The lowest BCUT2D eigenvalue weighted by Crippen LogP contribution is -2.23. The van der Waals surface area contributed by atoms with Gasteiger partial charge in [0.25, 0.3) is 0 Å². The van der Waals surface area contributed by atoms with Crippen LogP contribution in [-0.4, -0.2) is 16.3 Å². The van der Waals surface area contributed by atoms with Crippen molar-refractivity contribution in [2.45, 2.75) is 32.2 Å². The molecule has 1 N–H and O–H groups in total. The van der Waals surface area contributed by atoms with Crippen LogP contribution in [0.3, 0.4) is 0 Å². The van der Waals surface area contributed by atoms with E-state index >= 15 is 0 Å². The van der Waals surface area contributed by atoms with Crippen molar-refractivity contribution in [3.63, 3.8) is 0 Å². The number of nitrogens with one attached hydrogen (secondary N) is 1. The molecule has 20 heavy (non-hydrogen) atoms. The van der Waals surface area contributed by atoms with Gasteiger partial charge in [0.15, 0.2) is 0 Å². The number of rotatable bonds is 7. The molecule has 1 heterocycles. The van der Waals surface area contributed by atoms with Crippen LogP contribution in [0.5, 0.6) is 0 Å². The third-order valence-corrected chi connectivity index (χ3v) is 4.05. The SMILES string of the molecule is CCCNC(CCc1ccnn1C)c1ccc(Br)cc1. The molecule has 4 heteroatoms. The Morgan fingerprint density at radius 1 is 1.25 bits per heavy atom. The first-order valence-corrected chi connectivity index (χ1v) is 7.95. The molecule has 0 fully saturated rings. The lowest BCUT2D eigenvalue weighted by Gasteiger charge is -2.19. The molecule has 1 unspecified atom stereocenters. The van der Waals surface area contributed by atoms with Gasteiger partial charge in [-0.1, -0.05) is 35.0 Å². The average Bonchev–Trinajstić information content (AvgIpc) is 2.86. The van der Waals surface area contributed by atoms with Gasteiger partial charge in [0.05, 0.1) is 0 Å². The van der Waals surface area contributed by atoms with Gasteiger partial charge in [-0.25, -0.2) is 0 Å². The lowest BCUT2D eigenvalue weighted by molar-refractivity contribution is 0.491. The summed E-state index contributed by atoms with van der Waals surface area (Å²) >= 11 is 3.50. The number of aromatic nitrogens is 2.